The van der Waals surface area contributed by atoms with Crippen molar-refractivity contribution in [3.8, 4) is 0 Å². The molecule has 0 saturated carbocycles. The molecule has 0 saturated heterocycles. The average molecular weight is 1450 g/mol. The Morgan fingerprint density at radius 3 is 0.614 bits per heavy atom. The highest BCUT2D eigenvalue weighted by molar-refractivity contribution is 7.72. The Bertz CT molecular complexity index is 2370. The number of hydrogen-bond donors (Lipinski definition) is 26. The largest absolute Gasteiger partial charge is 0.481 e. The first-order valence-electron chi connectivity index (χ1n) is 21.4. The zero-order chi connectivity index (χ0) is 67.6. The van der Waals surface area contributed by atoms with Crippen LogP contribution in [0.25, 0.3) is 0 Å². The minimum atomic E-state index is -5.20. The van der Waals surface area contributed by atoms with Gasteiger partial charge in [0.25, 0.3) is 5.08 Å². The van der Waals surface area contributed by atoms with E-state index in [4.69, 9.17) is 128 Å². The highest BCUT2D eigenvalue weighted by atomic mass is 31.2. The SMILES string of the molecule is CC(O)(P(=O)(O)O)P(=O)(O)O.CCN(CCN(CC)CP(=O)(O)O)CCN(CP(=O)(O)O)CP(=O)(O)O.O=C(O)CN(CC(=O)O)CP(=O)(O)O.O=C(O)CP(=O)(O)O.O=P(O)(O)CN(CCN(CP(=O)(O)O)CP(=O)(O)O)CP(=O)(O)O. The molecule has 0 aromatic heterocycles. The van der Waals surface area contributed by atoms with Gasteiger partial charge in [-0.25, -0.2) is 0 Å². The number of aliphatic hydroxyl groups is 1. The first-order chi connectivity index (χ1) is 36.1. The van der Waals surface area contributed by atoms with Crippen molar-refractivity contribution in [2.45, 2.75) is 25.9 Å². The molecule has 502 valence electrons. The van der Waals surface area contributed by atoms with Crippen molar-refractivity contribution < 1.29 is 193 Å². The van der Waals surface area contributed by atoms with Crippen LogP contribution in [-0.2, 0) is 64.6 Å². The van der Waals surface area contributed by atoms with Gasteiger partial charge in [-0.05, 0) is 20.0 Å². The quantitative estimate of drug-likeness (QED) is 0.0263. The molecule has 0 aliphatic rings. The number of carbonyl (C=O) groups is 3. The molecular weight excluding hydrogens is 1380 g/mol. The first kappa shape index (κ1) is 91.5. The Hall–Kier alpha value is -0.220. The highest BCUT2D eigenvalue weighted by Crippen LogP contribution is 2.67. The molecule has 0 heterocycles. The molecule has 0 unspecified atom stereocenters. The second-order valence-corrected chi connectivity index (χ2v) is 35.6. The summed E-state index contributed by atoms with van der Waals surface area (Å²) in [5.74, 6) is -4.18. The molecule has 0 amide bonds. The molecule has 0 aliphatic heterocycles. The van der Waals surface area contributed by atoms with Crippen molar-refractivity contribution in [3.63, 3.8) is 0 Å². The lowest BCUT2D eigenvalue weighted by Gasteiger charge is -2.29. The molecule has 0 fully saturated rings. The molecule has 0 spiro atoms. The molecule has 0 radical (unpaired) electrons. The molecule has 0 atom stereocenters. The number of rotatable bonds is 35. The van der Waals surface area contributed by atoms with E-state index < -0.39 is 183 Å². The Morgan fingerprint density at radius 2 is 0.482 bits per heavy atom. The van der Waals surface area contributed by atoms with Gasteiger partial charge in [-0.15, -0.1) is 0 Å². The zero-order valence-corrected chi connectivity index (χ0v) is 53.2. The maximum absolute atomic E-state index is 11.1. The maximum Gasteiger partial charge on any atom is 0.369 e. The fraction of sp³-hybridized carbons (Fsp3) is 0.885. The van der Waals surface area contributed by atoms with Crippen LogP contribution in [0.4, 0.5) is 0 Å². The Morgan fingerprint density at radius 1 is 0.301 bits per heavy atom. The lowest BCUT2D eigenvalue weighted by atomic mass is 10.4. The lowest BCUT2D eigenvalue weighted by Crippen LogP contribution is -2.40. The van der Waals surface area contributed by atoms with E-state index in [9.17, 15) is 64.6 Å². The number of hydrogen-bond acceptors (Lipinski definition) is 21. The summed E-state index contributed by atoms with van der Waals surface area (Å²) in [4.78, 5) is 227. The van der Waals surface area contributed by atoms with Crippen LogP contribution in [0.1, 0.15) is 20.8 Å². The molecule has 57 heteroatoms. The van der Waals surface area contributed by atoms with Gasteiger partial charge >= 0.3 is 101 Å². The van der Waals surface area contributed by atoms with Gasteiger partial charge in [0.1, 0.15) is 56.4 Å². The van der Waals surface area contributed by atoms with E-state index in [0.29, 0.717) is 54.3 Å². The molecule has 0 aromatic carbocycles. The second-order valence-electron chi connectivity index (χ2n) is 16.8. The number of nitrogens with zero attached hydrogens (tertiary/aromatic N) is 6. The van der Waals surface area contributed by atoms with E-state index >= 15 is 0 Å². The summed E-state index contributed by atoms with van der Waals surface area (Å²) >= 11 is 0. The van der Waals surface area contributed by atoms with Gasteiger partial charge in [-0.2, -0.15) is 0 Å². The molecular formula is C26H73N6O40P11. The van der Waals surface area contributed by atoms with E-state index in [2.05, 4.69) is 0 Å². The van der Waals surface area contributed by atoms with E-state index in [1.54, 1.807) is 11.8 Å². The average Bonchev–Trinajstić information content (AvgIpc) is 3.13. The predicted molar refractivity (Wildman–Crippen MR) is 281 cm³/mol. The summed E-state index contributed by atoms with van der Waals surface area (Å²) in [6.07, 6.45) is -8.02. The van der Waals surface area contributed by atoms with Gasteiger partial charge in [-0.3, -0.25) is 89.1 Å². The summed E-state index contributed by atoms with van der Waals surface area (Å²) in [5, 5.41) is 29.7. The van der Waals surface area contributed by atoms with Crippen molar-refractivity contribution in [2.75, 3.05) is 122 Å². The van der Waals surface area contributed by atoms with Gasteiger partial charge in [0.15, 0.2) is 0 Å². The van der Waals surface area contributed by atoms with Crippen LogP contribution in [-0.4, -0.2) is 302 Å². The van der Waals surface area contributed by atoms with Gasteiger partial charge in [0.2, 0.25) is 0 Å². The van der Waals surface area contributed by atoms with Crippen LogP contribution in [0.5, 0.6) is 0 Å². The Balaban J connectivity index is -0.000000325. The number of likely N-dealkylation sites (N-methyl/N-ethyl adjacent to an activating group) is 2. The number of aliphatic carboxylic acids is 3. The normalized spacial score (nSPS) is 13.6. The minimum Gasteiger partial charge on any atom is -0.481 e. The molecule has 0 rings (SSSR count). The van der Waals surface area contributed by atoms with Crippen molar-refractivity contribution in [1.29, 1.82) is 0 Å². The molecule has 0 aliphatic carbocycles. The number of carboxylic acids is 3. The molecule has 26 N–H and O–H groups in total. The Kier molecular flexibility index (Phi) is 42.4. The third kappa shape index (κ3) is 64.6. The standard InChI is InChI=1S/C11H30N3O9P3.C6H20N2O12P4.C5H10NO7P.C2H8O7P2.C2H5O5P/c1-3-12(5-7-13(4-2)9-24(15,16)17)6-8-14(10-25(18,19)20)11-26(21,22)23;9-21(10,11)3-7(4-22(12,13)14)1-2-8(5-23(15,16)17)6-24(18,19)20;7-4(8)1-6(2-5(9)10)3-14(11,12)13;1-2(3,10(4,5)6)11(7,8)9;3-2(4)1-8(5,6)7/h3-11H2,1-2H3,(H2,15,16,17)(H2,18,19,20)(H2,21,22,23);1-6H2,(H2,9,10,11)(H2,12,13,14)(H2,15,16,17)(H2,18,19,20);1-3H2,(H,7,8)(H,9,10)(H2,11,12,13);3H,1H3,(H2,4,5,6)(H2,7,8,9);1H2,(H,3,4)(H2,5,6,7). The van der Waals surface area contributed by atoms with Crippen LogP contribution >= 0.6 is 83.6 Å². The monoisotopic (exact) mass is 1450 g/mol. The minimum absolute atomic E-state index is 0.0364. The number of carboxylic acid groups (broad SMARTS) is 3. The molecule has 0 bridgehead atoms. The van der Waals surface area contributed by atoms with Crippen LogP contribution in [0, 0.1) is 0 Å². The van der Waals surface area contributed by atoms with Crippen LogP contribution in [0.2, 0.25) is 0 Å². The van der Waals surface area contributed by atoms with Crippen LogP contribution in [0.3, 0.4) is 0 Å². The Labute approximate surface area is 470 Å². The summed E-state index contributed by atoms with van der Waals surface area (Å²) < 4.78 is 118. The third-order valence-electron chi connectivity index (χ3n) is 8.33. The van der Waals surface area contributed by atoms with Gasteiger partial charge in [0, 0.05) is 39.3 Å². The molecule has 0 aromatic rings. The molecule has 46 nitrogen and oxygen atoms in total. The highest BCUT2D eigenvalue weighted by Gasteiger charge is 2.55. The zero-order valence-electron chi connectivity index (χ0n) is 43.4. The van der Waals surface area contributed by atoms with Crippen molar-refractivity contribution in [1.82, 2.24) is 29.4 Å². The summed E-state index contributed by atoms with van der Waals surface area (Å²) in [6.45, 7) is 3.71. The van der Waals surface area contributed by atoms with Gasteiger partial charge < -0.3 is 133 Å². The first-order valence-corrected chi connectivity index (χ1v) is 40.8. The molecule has 83 heavy (non-hydrogen) atoms. The van der Waals surface area contributed by atoms with Crippen molar-refractivity contribution in [3.05, 3.63) is 0 Å². The van der Waals surface area contributed by atoms with E-state index in [1.165, 1.54) is 0 Å². The topological polar surface area (TPSA) is 784 Å². The predicted octanol–water partition coefficient (Wildman–Crippen LogP) is -5.68. The van der Waals surface area contributed by atoms with E-state index in [-0.39, 0.29) is 12.8 Å². The van der Waals surface area contributed by atoms with Crippen LogP contribution < -0.4 is 0 Å². The maximum atomic E-state index is 11.1. The fourth-order valence-electron chi connectivity index (χ4n) is 5.13. The van der Waals surface area contributed by atoms with E-state index in [0.717, 1.165) is 4.90 Å². The van der Waals surface area contributed by atoms with Gasteiger partial charge in [0.05, 0.1) is 13.1 Å². The second kappa shape index (κ2) is 38.5. The van der Waals surface area contributed by atoms with Crippen LogP contribution in [0.15, 0.2) is 0 Å². The smallest absolute Gasteiger partial charge is 0.369 e. The van der Waals surface area contributed by atoms with E-state index in [1.807, 2.05) is 11.8 Å². The van der Waals surface area contributed by atoms with Crippen molar-refractivity contribution in [2.24, 2.45) is 0 Å². The fourth-order valence-corrected chi connectivity index (χ4v) is 13.5. The lowest BCUT2D eigenvalue weighted by molar-refractivity contribution is -0.141. The summed E-state index contributed by atoms with van der Waals surface area (Å²) in [5.41, 5.74) is 0. The van der Waals surface area contributed by atoms with Crippen molar-refractivity contribution >= 4 is 101 Å². The summed E-state index contributed by atoms with van der Waals surface area (Å²) in [7, 11) is -51.0. The third-order valence-corrected chi connectivity index (χ3v) is 18.9. The summed E-state index contributed by atoms with van der Waals surface area (Å²) in [6, 6.07) is 0. The van der Waals surface area contributed by atoms with Gasteiger partial charge in [-0.1, -0.05) is 13.8 Å².